The number of hydrogen-bond donors (Lipinski definition) is 1. The van der Waals surface area contributed by atoms with Crippen molar-refractivity contribution in [3.63, 3.8) is 0 Å². The van der Waals surface area contributed by atoms with Crippen molar-refractivity contribution < 1.29 is 9.84 Å². The van der Waals surface area contributed by atoms with Crippen LogP contribution in [-0.2, 0) is 4.74 Å². The lowest BCUT2D eigenvalue weighted by atomic mass is 10.3. The van der Waals surface area contributed by atoms with Crippen LogP contribution < -0.4 is 0 Å². The lowest BCUT2D eigenvalue weighted by Gasteiger charge is -2.22. The standard InChI is InChI=1S/C10H20N2O2/c1-3-12(7-5-6-11)8-10(13)9-14-4-2/h10,13H,3-5,7-9H2,1-2H3. The van der Waals surface area contributed by atoms with Gasteiger partial charge in [-0.05, 0) is 13.5 Å². The van der Waals surface area contributed by atoms with E-state index in [-0.39, 0.29) is 0 Å². The van der Waals surface area contributed by atoms with E-state index in [1.807, 2.05) is 18.7 Å². The first kappa shape index (κ1) is 13.4. The number of aliphatic hydroxyl groups excluding tert-OH is 1. The smallest absolute Gasteiger partial charge is 0.0900 e. The molecule has 14 heavy (non-hydrogen) atoms. The van der Waals surface area contributed by atoms with Gasteiger partial charge in [-0.3, -0.25) is 4.90 Å². The van der Waals surface area contributed by atoms with E-state index in [1.54, 1.807) is 0 Å². The molecular weight excluding hydrogens is 180 g/mol. The third-order valence-corrected chi connectivity index (χ3v) is 1.97. The van der Waals surface area contributed by atoms with E-state index >= 15 is 0 Å². The highest BCUT2D eigenvalue weighted by atomic mass is 16.5. The van der Waals surface area contributed by atoms with Crippen molar-refractivity contribution in [2.24, 2.45) is 0 Å². The molecule has 0 aromatic rings. The van der Waals surface area contributed by atoms with Crippen LogP contribution in [-0.4, -0.2) is 49.0 Å². The zero-order valence-corrected chi connectivity index (χ0v) is 9.07. The number of ether oxygens (including phenoxy) is 1. The molecule has 0 fully saturated rings. The molecule has 0 aromatic heterocycles. The molecule has 1 atom stereocenters. The summed E-state index contributed by atoms with van der Waals surface area (Å²) in [5, 5.41) is 18.0. The Balaban J connectivity index is 3.63. The summed E-state index contributed by atoms with van der Waals surface area (Å²) in [5.41, 5.74) is 0. The summed E-state index contributed by atoms with van der Waals surface area (Å²) in [6.45, 7) is 7.07. The predicted octanol–water partition coefficient (Wildman–Crippen LogP) is 0.619. The fourth-order valence-electron chi connectivity index (χ4n) is 1.19. The van der Waals surface area contributed by atoms with Crippen molar-refractivity contribution in [3.8, 4) is 6.07 Å². The van der Waals surface area contributed by atoms with E-state index in [4.69, 9.17) is 10.00 Å². The molecule has 0 spiro atoms. The second-order valence-electron chi connectivity index (χ2n) is 3.11. The SMILES string of the molecule is CCOCC(O)CN(CC)CCC#N. The Morgan fingerprint density at radius 3 is 2.71 bits per heavy atom. The predicted molar refractivity (Wildman–Crippen MR) is 54.8 cm³/mol. The normalized spacial score (nSPS) is 12.8. The van der Waals surface area contributed by atoms with Gasteiger partial charge in [-0.1, -0.05) is 6.92 Å². The second kappa shape index (κ2) is 8.95. The van der Waals surface area contributed by atoms with Crippen LogP contribution in [0.3, 0.4) is 0 Å². The van der Waals surface area contributed by atoms with Crippen LogP contribution in [0.15, 0.2) is 0 Å². The van der Waals surface area contributed by atoms with Gasteiger partial charge in [-0.2, -0.15) is 5.26 Å². The minimum absolute atomic E-state index is 0.375. The van der Waals surface area contributed by atoms with Gasteiger partial charge in [0.2, 0.25) is 0 Å². The first-order chi connectivity index (χ1) is 6.74. The van der Waals surface area contributed by atoms with E-state index in [2.05, 4.69) is 6.07 Å². The van der Waals surface area contributed by atoms with Crippen molar-refractivity contribution in [2.45, 2.75) is 26.4 Å². The van der Waals surface area contributed by atoms with Crippen LogP contribution in [0.1, 0.15) is 20.3 Å². The van der Waals surface area contributed by atoms with Crippen molar-refractivity contribution in [3.05, 3.63) is 0 Å². The van der Waals surface area contributed by atoms with Crippen LogP contribution in [0.5, 0.6) is 0 Å². The molecule has 0 radical (unpaired) electrons. The lowest BCUT2D eigenvalue weighted by molar-refractivity contribution is 0.0224. The fourth-order valence-corrected chi connectivity index (χ4v) is 1.19. The van der Waals surface area contributed by atoms with Gasteiger partial charge < -0.3 is 9.84 Å². The van der Waals surface area contributed by atoms with E-state index < -0.39 is 6.10 Å². The lowest BCUT2D eigenvalue weighted by Crippen LogP contribution is -2.35. The van der Waals surface area contributed by atoms with E-state index in [0.29, 0.717) is 26.2 Å². The van der Waals surface area contributed by atoms with Gasteiger partial charge in [0, 0.05) is 26.1 Å². The first-order valence-corrected chi connectivity index (χ1v) is 5.09. The summed E-state index contributed by atoms with van der Waals surface area (Å²) in [7, 11) is 0. The number of nitrogens with zero attached hydrogens (tertiary/aromatic N) is 2. The molecular formula is C10H20N2O2. The summed E-state index contributed by atoms with van der Waals surface area (Å²) < 4.78 is 5.10. The Morgan fingerprint density at radius 2 is 2.21 bits per heavy atom. The van der Waals surface area contributed by atoms with Crippen LogP contribution in [0, 0.1) is 11.3 Å². The Bertz CT molecular complexity index is 168. The van der Waals surface area contributed by atoms with Crippen LogP contribution in [0.4, 0.5) is 0 Å². The molecule has 0 saturated heterocycles. The Hall–Kier alpha value is -0.630. The molecule has 0 amide bonds. The van der Waals surface area contributed by atoms with Gasteiger partial charge in [0.15, 0.2) is 0 Å². The molecule has 4 heteroatoms. The molecule has 0 rings (SSSR count). The highest BCUT2D eigenvalue weighted by molar-refractivity contribution is 4.73. The molecule has 0 aliphatic rings. The van der Waals surface area contributed by atoms with Crippen LogP contribution >= 0.6 is 0 Å². The average molecular weight is 200 g/mol. The van der Waals surface area contributed by atoms with E-state index in [0.717, 1.165) is 13.1 Å². The molecule has 0 bridgehead atoms. The van der Waals surface area contributed by atoms with Crippen LogP contribution in [0.25, 0.3) is 0 Å². The Labute approximate surface area is 86.1 Å². The van der Waals surface area contributed by atoms with Crippen molar-refractivity contribution in [2.75, 3.05) is 32.8 Å². The highest BCUT2D eigenvalue weighted by Crippen LogP contribution is 1.95. The molecule has 4 nitrogen and oxygen atoms in total. The summed E-state index contributed by atoms with van der Waals surface area (Å²) in [5.74, 6) is 0. The first-order valence-electron chi connectivity index (χ1n) is 5.09. The fraction of sp³-hybridized carbons (Fsp3) is 0.900. The summed E-state index contributed by atoms with van der Waals surface area (Å²) >= 11 is 0. The minimum atomic E-state index is -0.450. The van der Waals surface area contributed by atoms with E-state index in [9.17, 15) is 5.11 Å². The largest absolute Gasteiger partial charge is 0.389 e. The molecule has 0 aliphatic carbocycles. The zero-order valence-electron chi connectivity index (χ0n) is 9.07. The quantitative estimate of drug-likeness (QED) is 0.624. The maximum atomic E-state index is 9.53. The van der Waals surface area contributed by atoms with Crippen molar-refractivity contribution >= 4 is 0 Å². The maximum Gasteiger partial charge on any atom is 0.0900 e. The molecule has 0 heterocycles. The Kier molecular flexibility index (Phi) is 8.54. The summed E-state index contributed by atoms with van der Waals surface area (Å²) in [4.78, 5) is 2.05. The number of nitriles is 1. The Morgan fingerprint density at radius 1 is 1.50 bits per heavy atom. The van der Waals surface area contributed by atoms with Crippen molar-refractivity contribution in [1.29, 1.82) is 5.26 Å². The van der Waals surface area contributed by atoms with Gasteiger partial charge in [0.25, 0.3) is 0 Å². The van der Waals surface area contributed by atoms with Gasteiger partial charge in [0.05, 0.1) is 18.8 Å². The van der Waals surface area contributed by atoms with Crippen molar-refractivity contribution in [1.82, 2.24) is 4.90 Å². The average Bonchev–Trinajstić information content (AvgIpc) is 2.21. The molecule has 0 saturated carbocycles. The zero-order chi connectivity index (χ0) is 10.8. The van der Waals surface area contributed by atoms with E-state index in [1.165, 1.54) is 0 Å². The summed E-state index contributed by atoms with van der Waals surface area (Å²) in [6, 6.07) is 2.09. The molecule has 82 valence electrons. The third kappa shape index (κ3) is 6.84. The third-order valence-electron chi connectivity index (χ3n) is 1.97. The molecule has 1 unspecified atom stereocenters. The second-order valence-corrected chi connectivity index (χ2v) is 3.11. The monoisotopic (exact) mass is 200 g/mol. The number of likely N-dealkylation sites (N-methyl/N-ethyl adjacent to an activating group) is 1. The highest BCUT2D eigenvalue weighted by Gasteiger charge is 2.09. The summed E-state index contributed by atoms with van der Waals surface area (Å²) in [6.07, 6.45) is 0.0587. The van der Waals surface area contributed by atoms with Crippen LogP contribution in [0.2, 0.25) is 0 Å². The van der Waals surface area contributed by atoms with Gasteiger partial charge >= 0.3 is 0 Å². The van der Waals surface area contributed by atoms with Gasteiger partial charge in [-0.15, -0.1) is 0 Å². The minimum Gasteiger partial charge on any atom is -0.389 e. The number of hydrogen-bond acceptors (Lipinski definition) is 4. The van der Waals surface area contributed by atoms with Gasteiger partial charge in [-0.25, -0.2) is 0 Å². The molecule has 0 aliphatic heterocycles. The number of aliphatic hydroxyl groups is 1. The van der Waals surface area contributed by atoms with Gasteiger partial charge in [0.1, 0.15) is 0 Å². The molecule has 0 aromatic carbocycles. The topological polar surface area (TPSA) is 56.5 Å². The number of rotatable bonds is 8. The maximum absolute atomic E-state index is 9.53. The molecule has 1 N–H and O–H groups in total.